The molecule has 0 spiro atoms. The van der Waals surface area contributed by atoms with Gasteiger partial charge in [0, 0.05) is 0 Å². The summed E-state index contributed by atoms with van der Waals surface area (Å²) in [7, 11) is 0. The molecule has 2 N–H and O–H groups in total. The standard InChI is InChI=1S/C14H14O5/c1-2-19-10-7-8-5-3-4-6-9(8)11(10)12(13(15)16)14(17)18/h3-7,11-12H,2H2,1H3,(H,15,16)(H,17,18). The van der Waals surface area contributed by atoms with Crippen molar-refractivity contribution in [3.05, 3.63) is 41.2 Å². The number of hydrogen-bond acceptors (Lipinski definition) is 3. The summed E-state index contributed by atoms with van der Waals surface area (Å²) in [5, 5.41) is 18.3. The van der Waals surface area contributed by atoms with Gasteiger partial charge >= 0.3 is 11.9 Å². The van der Waals surface area contributed by atoms with Crippen molar-refractivity contribution in [3.8, 4) is 0 Å². The van der Waals surface area contributed by atoms with Crippen molar-refractivity contribution in [3.63, 3.8) is 0 Å². The van der Waals surface area contributed by atoms with E-state index in [1.165, 1.54) is 0 Å². The minimum absolute atomic E-state index is 0.363. The second kappa shape index (κ2) is 5.14. The molecule has 5 heteroatoms. The Hall–Kier alpha value is -2.30. The summed E-state index contributed by atoms with van der Waals surface area (Å²) < 4.78 is 5.41. The average Bonchev–Trinajstić information content (AvgIpc) is 2.68. The van der Waals surface area contributed by atoms with E-state index in [4.69, 9.17) is 14.9 Å². The van der Waals surface area contributed by atoms with Crippen LogP contribution in [-0.4, -0.2) is 28.8 Å². The third-order valence-electron chi connectivity index (χ3n) is 3.11. The normalized spacial score (nSPS) is 16.9. The summed E-state index contributed by atoms with van der Waals surface area (Å²) in [6, 6.07) is 7.13. The molecule has 0 aromatic heterocycles. The molecule has 5 nitrogen and oxygen atoms in total. The van der Waals surface area contributed by atoms with Crippen LogP contribution < -0.4 is 0 Å². The van der Waals surface area contributed by atoms with E-state index in [1.54, 1.807) is 25.1 Å². The zero-order valence-electron chi connectivity index (χ0n) is 10.4. The predicted octanol–water partition coefficient (Wildman–Crippen LogP) is 1.95. The Labute approximate surface area is 110 Å². The van der Waals surface area contributed by atoms with Crippen LogP contribution in [0.1, 0.15) is 24.0 Å². The van der Waals surface area contributed by atoms with E-state index in [1.807, 2.05) is 12.1 Å². The van der Waals surface area contributed by atoms with Gasteiger partial charge in [-0.15, -0.1) is 0 Å². The fourth-order valence-electron chi connectivity index (χ4n) is 2.35. The molecule has 0 fully saturated rings. The highest BCUT2D eigenvalue weighted by molar-refractivity contribution is 5.95. The second-order valence-electron chi connectivity index (χ2n) is 4.24. The Kier molecular flexibility index (Phi) is 3.55. The molecular formula is C14H14O5. The molecule has 1 aliphatic carbocycles. The van der Waals surface area contributed by atoms with Gasteiger partial charge in [0.05, 0.1) is 12.5 Å². The van der Waals surface area contributed by atoms with Gasteiger partial charge in [-0.3, -0.25) is 9.59 Å². The number of carboxylic acids is 2. The van der Waals surface area contributed by atoms with Crippen LogP contribution in [0.2, 0.25) is 0 Å². The van der Waals surface area contributed by atoms with Gasteiger partial charge in [-0.05, 0) is 24.1 Å². The summed E-state index contributed by atoms with van der Waals surface area (Å²) in [4.78, 5) is 22.4. The highest BCUT2D eigenvalue weighted by Crippen LogP contribution is 2.41. The zero-order chi connectivity index (χ0) is 14.0. The van der Waals surface area contributed by atoms with Gasteiger partial charge in [-0.2, -0.15) is 0 Å². The molecule has 0 bridgehead atoms. The molecule has 2 rings (SSSR count). The smallest absolute Gasteiger partial charge is 0.319 e. The fraction of sp³-hybridized carbons (Fsp3) is 0.286. The van der Waals surface area contributed by atoms with Gasteiger partial charge in [0.1, 0.15) is 5.76 Å². The topological polar surface area (TPSA) is 83.8 Å². The fourth-order valence-corrected chi connectivity index (χ4v) is 2.35. The van der Waals surface area contributed by atoms with Crippen molar-refractivity contribution < 1.29 is 24.5 Å². The number of hydrogen-bond donors (Lipinski definition) is 2. The Morgan fingerprint density at radius 2 is 1.89 bits per heavy atom. The lowest BCUT2D eigenvalue weighted by atomic mass is 9.86. The van der Waals surface area contributed by atoms with Crippen molar-refractivity contribution in [1.29, 1.82) is 0 Å². The van der Waals surface area contributed by atoms with E-state index >= 15 is 0 Å². The van der Waals surface area contributed by atoms with E-state index in [-0.39, 0.29) is 0 Å². The molecule has 0 radical (unpaired) electrons. The summed E-state index contributed by atoms with van der Waals surface area (Å²) in [5.74, 6) is -4.63. The summed E-state index contributed by atoms with van der Waals surface area (Å²) in [6.07, 6.45) is 1.71. The lowest BCUT2D eigenvalue weighted by Gasteiger charge is -2.20. The number of aliphatic carboxylic acids is 2. The zero-order valence-corrected chi connectivity index (χ0v) is 10.4. The predicted molar refractivity (Wildman–Crippen MR) is 67.5 cm³/mol. The summed E-state index contributed by atoms with van der Waals surface area (Å²) in [6.45, 7) is 2.14. The van der Waals surface area contributed by atoms with Crippen LogP contribution in [0.15, 0.2) is 30.0 Å². The first kappa shape index (κ1) is 13.1. The maximum atomic E-state index is 11.2. The van der Waals surface area contributed by atoms with Crippen LogP contribution in [0.3, 0.4) is 0 Å². The quantitative estimate of drug-likeness (QED) is 0.792. The maximum absolute atomic E-state index is 11.2. The first-order chi connectivity index (χ1) is 9.06. The number of allylic oxidation sites excluding steroid dienone is 1. The van der Waals surface area contributed by atoms with Crippen LogP contribution in [0.4, 0.5) is 0 Å². The number of rotatable bonds is 5. The molecule has 0 amide bonds. The van der Waals surface area contributed by atoms with Crippen molar-refractivity contribution in [1.82, 2.24) is 0 Å². The number of ether oxygens (including phenoxy) is 1. The van der Waals surface area contributed by atoms with Crippen molar-refractivity contribution in [2.45, 2.75) is 12.8 Å². The lowest BCUT2D eigenvalue weighted by molar-refractivity contribution is -0.155. The molecule has 0 saturated carbocycles. The van der Waals surface area contributed by atoms with E-state index < -0.39 is 23.8 Å². The molecule has 0 aliphatic heterocycles. The Bertz CT molecular complexity index is 533. The molecule has 0 heterocycles. The van der Waals surface area contributed by atoms with E-state index in [2.05, 4.69) is 0 Å². The minimum atomic E-state index is -1.54. The van der Waals surface area contributed by atoms with Gasteiger partial charge in [-0.1, -0.05) is 24.3 Å². The minimum Gasteiger partial charge on any atom is -0.498 e. The van der Waals surface area contributed by atoms with Gasteiger partial charge < -0.3 is 14.9 Å². The van der Waals surface area contributed by atoms with Crippen LogP contribution in [0.5, 0.6) is 0 Å². The molecule has 1 aromatic carbocycles. The molecule has 1 atom stereocenters. The van der Waals surface area contributed by atoms with Gasteiger partial charge in [0.15, 0.2) is 5.92 Å². The van der Waals surface area contributed by atoms with Crippen molar-refractivity contribution in [2.75, 3.05) is 6.61 Å². The van der Waals surface area contributed by atoms with Gasteiger partial charge in [0.25, 0.3) is 0 Å². The molecule has 1 aromatic rings. The third-order valence-corrected chi connectivity index (χ3v) is 3.11. The second-order valence-corrected chi connectivity index (χ2v) is 4.24. The van der Waals surface area contributed by atoms with Crippen LogP contribution in [0.25, 0.3) is 6.08 Å². The SMILES string of the molecule is CCOC1=Cc2ccccc2C1C(C(=O)O)C(=O)O. The van der Waals surface area contributed by atoms with Gasteiger partial charge in [-0.25, -0.2) is 0 Å². The van der Waals surface area contributed by atoms with E-state index in [0.29, 0.717) is 17.9 Å². The molecule has 1 aliphatic rings. The molecular weight excluding hydrogens is 248 g/mol. The number of carbonyl (C=O) groups is 2. The van der Waals surface area contributed by atoms with E-state index in [9.17, 15) is 9.59 Å². The summed E-state index contributed by atoms with van der Waals surface area (Å²) in [5.41, 5.74) is 1.49. The molecule has 100 valence electrons. The average molecular weight is 262 g/mol. The molecule has 1 unspecified atom stereocenters. The number of fused-ring (bicyclic) bond motifs is 1. The Morgan fingerprint density at radius 1 is 1.26 bits per heavy atom. The van der Waals surface area contributed by atoms with Crippen molar-refractivity contribution >= 4 is 18.0 Å². The summed E-state index contributed by atoms with van der Waals surface area (Å²) >= 11 is 0. The van der Waals surface area contributed by atoms with Gasteiger partial charge in [0.2, 0.25) is 0 Å². The Balaban J connectivity index is 2.48. The largest absolute Gasteiger partial charge is 0.498 e. The first-order valence-corrected chi connectivity index (χ1v) is 5.95. The van der Waals surface area contributed by atoms with Crippen LogP contribution in [0, 0.1) is 5.92 Å². The van der Waals surface area contributed by atoms with Crippen molar-refractivity contribution in [2.24, 2.45) is 5.92 Å². The Morgan fingerprint density at radius 3 is 2.47 bits per heavy atom. The van der Waals surface area contributed by atoms with Crippen LogP contribution >= 0.6 is 0 Å². The van der Waals surface area contributed by atoms with E-state index in [0.717, 1.165) is 5.56 Å². The number of benzene rings is 1. The lowest BCUT2D eigenvalue weighted by Crippen LogP contribution is -2.30. The number of carboxylic acid groups (broad SMARTS) is 2. The highest BCUT2D eigenvalue weighted by Gasteiger charge is 2.42. The first-order valence-electron chi connectivity index (χ1n) is 5.95. The molecule has 0 saturated heterocycles. The monoisotopic (exact) mass is 262 g/mol. The highest BCUT2D eigenvalue weighted by atomic mass is 16.5. The van der Waals surface area contributed by atoms with Crippen LogP contribution in [-0.2, 0) is 14.3 Å². The third kappa shape index (κ3) is 2.31. The molecule has 19 heavy (non-hydrogen) atoms. The maximum Gasteiger partial charge on any atom is 0.319 e.